The van der Waals surface area contributed by atoms with Crippen LogP contribution in [0.5, 0.6) is 0 Å². The smallest absolute Gasteiger partial charge is 0.160 e. The van der Waals surface area contributed by atoms with Crippen molar-refractivity contribution in [1.82, 2.24) is 5.06 Å². The van der Waals surface area contributed by atoms with Crippen LogP contribution in [0.15, 0.2) is 0 Å². The normalized spacial score (nSPS) is 25.3. The van der Waals surface area contributed by atoms with Crippen LogP contribution in [0.2, 0.25) is 0 Å². The van der Waals surface area contributed by atoms with Gasteiger partial charge in [-0.2, -0.15) is 5.06 Å². The van der Waals surface area contributed by atoms with Gasteiger partial charge in [-0.15, -0.1) is 0 Å². The van der Waals surface area contributed by atoms with Crippen molar-refractivity contribution in [3.63, 3.8) is 0 Å². The molecule has 1 saturated heterocycles. The van der Waals surface area contributed by atoms with E-state index in [1.165, 1.54) is 5.06 Å². The fourth-order valence-electron chi connectivity index (χ4n) is 0.596. The molecule has 0 aliphatic carbocycles. The lowest BCUT2D eigenvalue weighted by Crippen LogP contribution is -2.35. The van der Waals surface area contributed by atoms with Crippen molar-refractivity contribution in [3.8, 4) is 0 Å². The third kappa shape index (κ3) is 1.43. The second-order valence-electron chi connectivity index (χ2n) is 1.62. The van der Waals surface area contributed by atoms with Crippen molar-refractivity contribution in [2.45, 2.75) is 0 Å². The molecule has 1 heterocycles. The first-order chi connectivity index (χ1) is 3.39. The van der Waals surface area contributed by atoms with Crippen molar-refractivity contribution < 1.29 is 9.94 Å². The van der Waals surface area contributed by atoms with E-state index in [9.17, 15) is 0 Å². The Morgan fingerprint density at radius 3 is 2.14 bits per heavy atom. The highest BCUT2D eigenvalue weighted by molar-refractivity contribution is 4.47. The molecule has 1 aliphatic rings. The van der Waals surface area contributed by atoms with Crippen LogP contribution in [0.1, 0.15) is 0 Å². The maximum Gasteiger partial charge on any atom is 0.160 e. The largest absolute Gasteiger partial charge is 0.432 e. The highest BCUT2D eigenvalue weighted by atomic mass is 16.5. The second-order valence-corrected chi connectivity index (χ2v) is 1.62. The predicted molar refractivity (Wildman–Crippen MR) is 25.3 cm³/mol. The predicted octanol–water partition coefficient (Wildman–Crippen LogP) is -0.781. The molecule has 0 unspecified atom stereocenters. The van der Waals surface area contributed by atoms with Crippen LogP contribution < -0.4 is 0 Å². The first kappa shape index (κ1) is 5.03. The lowest BCUT2D eigenvalue weighted by atomic mass is 10.5. The molecule has 1 rings (SSSR count). The van der Waals surface area contributed by atoms with E-state index in [2.05, 4.69) is 4.74 Å². The van der Waals surface area contributed by atoms with Gasteiger partial charge in [-0.3, -0.25) is 0 Å². The zero-order valence-electron chi connectivity index (χ0n) is 4.17. The Labute approximate surface area is 42.4 Å². The van der Waals surface area contributed by atoms with Crippen molar-refractivity contribution in [2.75, 3.05) is 26.3 Å². The molecule has 1 aliphatic heterocycles. The van der Waals surface area contributed by atoms with Crippen LogP contribution in [0.4, 0.5) is 0 Å². The summed E-state index contributed by atoms with van der Waals surface area (Å²) in [6, 6.07) is 0. The number of aliphatic hydroxyl groups is 2. The Morgan fingerprint density at radius 2 is 1.86 bits per heavy atom. The van der Waals surface area contributed by atoms with Crippen LogP contribution in [-0.2, 0) is 0 Å². The summed E-state index contributed by atoms with van der Waals surface area (Å²) >= 11 is 0. The number of hydrogen-bond acceptors (Lipinski definition) is 2. The van der Waals surface area contributed by atoms with Crippen molar-refractivity contribution in [2.24, 2.45) is 0 Å². The molecule has 0 saturated carbocycles. The molecule has 0 aromatic carbocycles. The summed E-state index contributed by atoms with van der Waals surface area (Å²) in [7, 11) is 0. The molecule has 3 heteroatoms. The summed E-state index contributed by atoms with van der Waals surface area (Å²) in [5.41, 5.74) is 0. The average molecular weight is 104 g/mol. The minimum Gasteiger partial charge on any atom is -0.432 e. The Kier molecular flexibility index (Phi) is 1.62. The Hall–Kier alpha value is -0.120. The number of rotatable bonds is 0. The molecule has 0 bridgehead atoms. The molecule has 0 atom stereocenters. The van der Waals surface area contributed by atoms with Gasteiger partial charge >= 0.3 is 0 Å². The Balaban J connectivity index is 2.12. The van der Waals surface area contributed by atoms with Gasteiger partial charge in [-0.25, -0.2) is 0 Å². The first-order valence-electron chi connectivity index (χ1n) is 2.46. The molecule has 1 fully saturated rings. The topological polar surface area (TPSA) is 36.3 Å². The molecule has 0 amide bonds. The summed E-state index contributed by atoms with van der Waals surface area (Å²) in [4.78, 5) is 0. The maximum absolute atomic E-state index is 8.68. The maximum atomic E-state index is 8.68. The van der Waals surface area contributed by atoms with E-state index >= 15 is 0 Å². The monoisotopic (exact) mass is 104 g/mol. The minimum atomic E-state index is 0.708. The minimum absolute atomic E-state index is 0.708. The van der Waals surface area contributed by atoms with E-state index in [-0.39, 0.29) is 0 Å². The van der Waals surface area contributed by atoms with E-state index in [4.69, 9.17) is 5.21 Å². The number of ether oxygens (including phenoxy) is 1. The number of nitrogens with zero attached hydrogens (tertiary/aromatic N) is 1. The quantitative estimate of drug-likeness (QED) is 0.409. The summed E-state index contributed by atoms with van der Waals surface area (Å²) in [5.74, 6) is 0. The van der Waals surface area contributed by atoms with E-state index in [1.807, 2.05) is 0 Å². The summed E-state index contributed by atoms with van der Waals surface area (Å²) in [5, 5.41) is 9.98. The second kappa shape index (κ2) is 2.26. The third-order valence-electron chi connectivity index (χ3n) is 1.03. The SMILES string of the molecule is ON1CC[OH+]CC1. The van der Waals surface area contributed by atoms with E-state index in [1.54, 1.807) is 0 Å². The molecule has 0 aromatic heterocycles. The van der Waals surface area contributed by atoms with E-state index in [0.717, 1.165) is 13.2 Å². The molecule has 3 nitrogen and oxygen atoms in total. The van der Waals surface area contributed by atoms with Crippen molar-refractivity contribution >= 4 is 0 Å². The van der Waals surface area contributed by atoms with Crippen LogP contribution in [0.25, 0.3) is 0 Å². The van der Waals surface area contributed by atoms with Crippen molar-refractivity contribution in [3.05, 3.63) is 0 Å². The number of hydroxylamine groups is 2. The number of hydrogen-bond donors (Lipinski definition) is 1. The molecule has 7 heavy (non-hydrogen) atoms. The van der Waals surface area contributed by atoms with Gasteiger partial charge in [0.1, 0.15) is 0 Å². The van der Waals surface area contributed by atoms with Crippen LogP contribution in [0.3, 0.4) is 0 Å². The van der Waals surface area contributed by atoms with Gasteiger partial charge < -0.3 is 9.94 Å². The average Bonchev–Trinajstić information content (AvgIpc) is 1.69. The fraction of sp³-hybridized carbons (Fsp3) is 1.00. The molecular weight excluding hydrogens is 94.0 g/mol. The Morgan fingerprint density at radius 1 is 1.29 bits per heavy atom. The summed E-state index contributed by atoms with van der Waals surface area (Å²) in [6.45, 7) is 2.99. The molecular formula is C4H10NO2+. The zero-order chi connectivity index (χ0) is 5.11. The number of morpholine rings is 1. The van der Waals surface area contributed by atoms with Gasteiger partial charge in [-0.05, 0) is 0 Å². The van der Waals surface area contributed by atoms with Gasteiger partial charge in [0.15, 0.2) is 13.2 Å². The summed E-state index contributed by atoms with van der Waals surface area (Å²) < 4.78 is 4.03. The van der Waals surface area contributed by atoms with Gasteiger partial charge in [0.05, 0.1) is 13.1 Å². The van der Waals surface area contributed by atoms with Gasteiger partial charge in [-0.1, -0.05) is 0 Å². The van der Waals surface area contributed by atoms with E-state index in [0.29, 0.717) is 13.1 Å². The zero-order valence-corrected chi connectivity index (χ0v) is 4.17. The molecule has 0 radical (unpaired) electrons. The molecule has 0 spiro atoms. The summed E-state index contributed by atoms with van der Waals surface area (Å²) in [6.07, 6.45) is 0. The van der Waals surface area contributed by atoms with Crippen LogP contribution >= 0.6 is 0 Å². The fourth-order valence-corrected chi connectivity index (χ4v) is 0.596. The lowest BCUT2D eigenvalue weighted by molar-refractivity contribution is -0.190. The van der Waals surface area contributed by atoms with Crippen LogP contribution in [0, 0.1) is 0 Å². The molecule has 42 valence electrons. The van der Waals surface area contributed by atoms with Gasteiger partial charge in [0, 0.05) is 0 Å². The lowest BCUT2D eigenvalue weighted by Gasteiger charge is -2.16. The van der Waals surface area contributed by atoms with Gasteiger partial charge in [0.25, 0.3) is 0 Å². The van der Waals surface area contributed by atoms with Crippen LogP contribution in [-0.4, -0.2) is 41.3 Å². The standard InChI is InChI=1S/C4H9NO2/c6-5-1-3-7-4-2-5/h6H,1-4H2/p+1. The van der Waals surface area contributed by atoms with E-state index < -0.39 is 0 Å². The third-order valence-corrected chi connectivity index (χ3v) is 1.03. The highest BCUT2D eigenvalue weighted by Gasteiger charge is 2.08. The molecule has 2 N–H and O–H groups in total. The van der Waals surface area contributed by atoms with Crippen molar-refractivity contribution in [1.29, 1.82) is 0 Å². The molecule has 0 aromatic rings. The Bertz CT molecular complexity index is 51.7. The van der Waals surface area contributed by atoms with Gasteiger partial charge in [0.2, 0.25) is 0 Å². The highest BCUT2D eigenvalue weighted by Crippen LogP contribution is 1.86. The first-order valence-corrected chi connectivity index (χ1v) is 2.46.